The summed E-state index contributed by atoms with van der Waals surface area (Å²) < 4.78 is 7.38. The summed E-state index contributed by atoms with van der Waals surface area (Å²) in [5.41, 5.74) is 4.51. The predicted octanol–water partition coefficient (Wildman–Crippen LogP) is 3.46. The van der Waals surface area contributed by atoms with Crippen LogP contribution >= 0.6 is 0 Å². The van der Waals surface area contributed by atoms with Crippen molar-refractivity contribution >= 4 is 0 Å². The number of aliphatic hydroxyl groups excluding tert-OH is 1. The van der Waals surface area contributed by atoms with Crippen LogP contribution < -0.4 is 0 Å². The Kier molecular flexibility index (Phi) is 5.91. The SMILES string of the molecule is Cc1cccc(CN(Cc2ccco2)C[C@@H](O)Cn2nc(C)cc2C)c1. The molecule has 5 heteroatoms. The van der Waals surface area contributed by atoms with Crippen molar-refractivity contribution in [3.63, 3.8) is 0 Å². The van der Waals surface area contributed by atoms with Gasteiger partial charge in [-0.25, -0.2) is 0 Å². The molecule has 0 aliphatic rings. The molecule has 0 aliphatic carbocycles. The van der Waals surface area contributed by atoms with Gasteiger partial charge in [-0.15, -0.1) is 0 Å². The molecule has 26 heavy (non-hydrogen) atoms. The van der Waals surface area contributed by atoms with Gasteiger partial charge in [0.05, 0.1) is 31.2 Å². The van der Waals surface area contributed by atoms with Crippen LogP contribution in [-0.2, 0) is 19.6 Å². The van der Waals surface area contributed by atoms with Crippen LogP contribution in [0, 0.1) is 20.8 Å². The van der Waals surface area contributed by atoms with Gasteiger partial charge in [-0.3, -0.25) is 9.58 Å². The maximum atomic E-state index is 10.6. The van der Waals surface area contributed by atoms with E-state index in [2.05, 4.69) is 41.2 Å². The van der Waals surface area contributed by atoms with Crippen LogP contribution in [0.3, 0.4) is 0 Å². The zero-order valence-electron chi connectivity index (χ0n) is 15.7. The third-order valence-electron chi connectivity index (χ3n) is 4.40. The minimum atomic E-state index is -0.507. The Balaban J connectivity index is 1.68. The molecule has 2 heterocycles. The van der Waals surface area contributed by atoms with Crippen molar-refractivity contribution in [2.24, 2.45) is 0 Å². The number of aliphatic hydroxyl groups is 1. The summed E-state index contributed by atoms with van der Waals surface area (Å²) in [6.45, 7) is 8.54. The van der Waals surface area contributed by atoms with Crippen molar-refractivity contribution in [2.45, 2.75) is 46.5 Å². The van der Waals surface area contributed by atoms with Crippen molar-refractivity contribution < 1.29 is 9.52 Å². The van der Waals surface area contributed by atoms with Crippen LogP contribution in [0.2, 0.25) is 0 Å². The molecular weight excluding hydrogens is 326 g/mol. The lowest BCUT2D eigenvalue weighted by atomic mass is 10.1. The quantitative estimate of drug-likeness (QED) is 0.674. The second-order valence-electron chi connectivity index (χ2n) is 7.00. The molecule has 5 nitrogen and oxygen atoms in total. The number of aromatic nitrogens is 2. The molecule has 3 rings (SSSR count). The van der Waals surface area contributed by atoms with E-state index in [1.165, 1.54) is 11.1 Å². The summed E-state index contributed by atoms with van der Waals surface area (Å²) in [6, 6.07) is 14.4. The summed E-state index contributed by atoms with van der Waals surface area (Å²) in [5.74, 6) is 0.899. The smallest absolute Gasteiger partial charge is 0.117 e. The van der Waals surface area contributed by atoms with Crippen LogP contribution in [0.25, 0.3) is 0 Å². The van der Waals surface area contributed by atoms with Gasteiger partial charge in [0.15, 0.2) is 0 Å². The van der Waals surface area contributed by atoms with Crippen molar-refractivity contribution in [2.75, 3.05) is 6.54 Å². The lowest BCUT2D eigenvalue weighted by Gasteiger charge is -2.25. The summed E-state index contributed by atoms with van der Waals surface area (Å²) in [6.07, 6.45) is 1.18. The molecule has 1 aromatic carbocycles. The molecule has 0 amide bonds. The lowest BCUT2D eigenvalue weighted by Crippen LogP contribution is -2.34. The van der Waals surface area contributed by atoms with E-state index in [1.54, 1.807) is 6.26 Å². The first-order valence-electron chi connectivity index (χ1n) is 8.99. The van der Waals surface area contributed by atoms with Crippen LogP contribution in [0.15, 0.2) is 53.1 Å². The van der Waals surface area contributed by atoms with E-state index in [4.69, 9.17) is 4.42 Å². The highest BCUT2D eigenvalue weighted by molar-refractivity contribution is 5.22. The minimum absolute atomic E-state index is 0.488. The van der Waals surface area contributed by atoms with E-state index in [1.807, 2.05) is 36.7 Å². The van der Waals surface area contributed by atoms with Crippen molar-refractivity contribution in [3.05, 3.63) is 77.0 Å². The maximum absolute atomic E-state index is 10.6. The fourth-order valence-electron chi connectivity index (χ4n) is 3.29. The molecule has 0 fully saturated rings. The van der Waals surface area contributed by atoms with Gasteiger partial charge in [-0.2, -0.15) is 5.10 Å². The first-order chi connectivity index (χ1) is 12.5. The van der Waals surface area contributed by atoms with Crippen LogP contribution in [0.4, 0.5) is 0 Å². The molecule has 0 aliphatic heterocycles. The molecule has 2 aromatic heterocycles. The number of rotatable bonds is 8. The number of nitrogens with zero attached hydrogens (tertiary/aromatic N) is 3. The Labute approximate surface area is 154 Å². The second-order valence-corrected chi connectivity index (χ2v) is 7.00. The number of hydrogen-bond donors (Lipinski definition) is 1. The Morgan fingerprint density at radius 1 is 1.12 bits per heavy atom. The third kappa shape index (κ3) is 5.07. The van der Waals surface area contributed by atoms with E-state index in [-0.39, 0.29) is 0 Å². The zero-order valence-corrected chi connectivity index (χ0v) is 15.7. The van der Waals surface area contributed by atoms with E-state index in [0.717, 1.165) is 23.7 Å². The summed E-state index contributed by atoms with van der Waals surface area (Å²) >= 11 is 0. The first kappa shape index (κ1) is 18.4. The Morgan fingerprint density at radius 3 is 2.62 bits per heavy atom. The summed E-state index contributed by atoms with van der Waals surface area (Å²) in [7, 11) is 0. The minimum Gasteiger partial charge on any atom is -0.468 e. The normalized spacial score (nSPS) is 12.7. The molecular formula is C21H27N3O2. The molecule has 0 spiro atoms. The highest BCUT2D eigenvalue weighted by atomic mass is 16.3. The number of benzene rings is 1. The molecule has 0 radical (unpaired) electrons. The van der Waals surface area contributed by atoms with Gasteiger partial charge in [-0.05, 0) is 44.5 Å². The average Bonchev–Trinajstić information content (AvgIpc) is 3.17. The van der Waals surface area contributed by atoms with Crippen molar-refractivity contribution in [1.29, 1.82) is 0 Å². The fraction of sp³-hybridized carbons (Fsp3) is 0.381. The van der Waals surface area contributed by atoms with E-state index in [9.17, 15) is 5.11 Å². The van der Waals surface area contributed by atoms with Gasteiger partial charge >= 0.3 is 0 Å². The van der Waals surface area contributed by atoms with E-state index < -0.39 is 6.10 Å². The van der Waals surface area contributed by atoms with Crippen LogP contribution in [-0.4, -0.2) is 32.4 Å². The van der Waals surface area contributed by atoms with Crippen molar-refractivity contribution in [3.8, 4) is 0 Å². The number of furan rings is 1. The van der Waals surface area contributed by atoms with Gasteiger partial charge < -0.3 is 9.52 Å². The zero-order chi connectivity index (χ0) is 18.5. The largest absolute Gasteiger partial charge is 0.468 e. The summed E-state index contributed by atoms with van der Waals surface area (Å²) in [4.78, 5) is 2.21. The molecule has 1 atom stereocenters. The number of aryl methyl sites for hydroxylation is 3. The van der Waals surface area contributed by atoms with E-state index >= 15 is 0 Å². The van der Waals surface area contributed by atoms with Crippen LogP contribution in [0.5, 0.6) is 0 Å². The van der Waals surface area contributed by atoms with Crippen molar-refractivity contribution in [1.82, 2.24) is 14.7 Å². The second kappa shape index (κ2) is 8.34. The Bertz CT molecular complexity index is 824. The Hall–Kier alpha value is -2.37. The molecule has 0 saturated heterocycles. The standard InChI is InChI=1S/C21H27N3O2/c1-16-6-4-7-19(10-16)12-23(15-21-8-5-9-26-21)13-20(25)14-24-18(3)11-17(2)22-24/h4-11,20,25H,12-15H2,1-3H3/t20-/m1/s1. The lowest BCUT2D eigenvalue weighted by molar-refractivity contribution is 0.0839. The molecule has 3 aromatic rings. The van der Waals surface area contributed by atoms with Gasteiger partial charge in [0.1, 0.15) is 5.76 Å². The van der Waals surface area contributed by atoms with E-state index in [0.29, 0.717) is 19.6 Å². The predicted molar refractivity (Wildman–Crippen MR) is 102 cm³/mol. The summed E-state index contributed by atoms with van der Waals surface area (Å²) in [5, 5.41) is 15.1. The maximum Gasteiger partial charge on any atom is 0.117 e. The molecule has 0 bridgehead atoms. The fourth-order valence-corrected chi connectivity index (χ4v) is 3.29. The topological polar surface area (TPSA) is 54.4 Å². The first-order valence-corrected chi connectivity index (χ1v) is 8.99. The van der Waals surface area contributed by atoms with Gasteiger partial charge in [0.2, 0.25) is 0 Å². The molecule has 138 valence electrons. The van der Waals surface area contributed by atoms with Gasteiger partial charge in [0, 0.05) is 18.8 Å². The monoisotopic (exact) mass is 353 g/mol. The van der Waals surface area contributed by atoms with Gasteiger partial charge in [-0.1, -0.05) is 29.8 Å². The third-order valence-corrected chi connectivity index (χ3v) is 4.40. The highest BCUT2D eigenvalue weighted by Crippen LogP contribution is 2.13. The average molecular weight is 353 g/mol. The van der Waals surface area contributed by atoms with Gasteiger partial charge in [0.25, 0.3) is 0 Å². The number of hydrogen-bond acceptors (Lipinski definition) is 4. The molecule has 0 unspecified atom stereocenters. The Morgan fingerprint density at radius 2 is 1.96 bits per heavy atom. The van der Waals surface area contributed by atoms with Crippen LogP contribution in [0.1, 0.15) is 28.3 Å². The highest BCUT2D eigenvalue weighted by Gasteiger charge is 2.16. The molecule has 1 N–H and O–H groups in total. The molecule has 0 saturated carbocycles.